The lowest BCUT2D eigenvalue weighted by molar-refractivity contribution is 0.668. The van der Waals surface area contributed by atoms with Crippen molar-refractivity contribution in [3.8, 4) is 22.3 Å². The summed E-state index contributed by atoms with van der Waals surface area (Å²) in [5, 5.41) is 4.54. The second kappa shape index (κ2) is 13.0. The molecule has 0 saturated carbocycles. The minimum atomic E-state index is 0.145. The van der Waals surface area contributed by atoms with Crippen LogP contribution in [0, 0.1) is 0 Å². The minimum absolute atomic E-state index is 0.145. The van der Waals surface area contributed by atoms with Gasteiger partial charge in [0.1, 0.15) is 22.3 Å². The van der Waals surface area contributed by atoms with E-state index >= 15 is 0 Å². The highest BCUT2D eigenvalue weighted by atomic mass is 16.3. The van der Waals surface area contributed by atoms with Crippen LogP contribution in [0.4, 0.5) is 28.4 Å². The molecule has 274 valence electrons. The molecule has 0 spiro atoms. The van der Waals surface area contributed by atoms with Crippen molar-refractivity contribution in [1.82, 2.24) is 0 Å². The first-order valence-corrected chi connectivity index (χ1v) is 19.9. The Kier molecular flexibility index (Phi) is 7.32. The van der Waals surface area contributed by atoms with E-state index in [1.165, 1.54) is 33.4 Å². The van der Waals surface area contributed by atoms with E-state index < -0.39 is 0 Å². The van der Waals surface area contributed by atoms with Gasteiger partial charge in [-0.25, -0.2) is 0 Å². The second-order valence-electron chi connectivity index (χ2n) is 15.2. The highest BCUT2D eigenvalue weighted by Crippen LogP contribution is 2.55. The zero-order valence-corrected chi connectivity index (χ0v) is 31.5. The van der Waals surface area contributed by atoms with Crippen LogP contribution in [0.25, 0.3) is 71.7 Å². The summed E-state index contributed by atoms with van der Waals surface area (Å²) >= 11 is 0. The van der Waals surface area contributed by atoms with E-state index in [4.69, 9.17) is 8.83 Å². The maximum Gasteiger partial charge on any atom is 0.138 e. The molecule has 0 amide bonds. The number of anilines is 5. The average molecular weight is 745 g/mol. The monoisotopic (exact) mass is 744 g/mol. The van der Waals surface area contributed by atoms with Gasteiger partial charge in [0.05, 0.1) is 11.7 Å². The third-order valence-corrected chi connectivity index (χ3v) is 11.9. The normalized spacial score (nSPS) is 14.7. The molecule has 12 rings (SSSR count). The summed E-state index contributed by atoms with van der Waals surface area (Å²) in [6.45, 7) is 0. The largest absolute Gasteiger partial charge is 0.456 e. The number of para-hydroxylation sites is 3. The molecule has 0 bridgehead atoms. The molecule has 0 fully saturated rings. The lowest BCUT2D eigenvalue weighted by atomic mass is 9.87. The fourth-order valence-corrected chi connectivity index (χ4v) is 9.34. The van der Waals surface area contributed by atoms with Crippen LogP contribution in [0.15, 0.2) is 209 Å². The summed E-state index contributed by atoms with van der Waals surface area (Å²) in [6, 6.07) is 64.9. The van der Waals surface area contributed by atoms with Gasteiger partial charge >= 0.3 is 0 Å². The zero-order chi connectivity index (χ0) is 38.2. The van der Waals surface area contributed by atoms with Crippen molar-refractivity contribution in [3.05, 3.63) is 206 Å². The zero-order valence-electron chi connectivity index (χ0n) is 31.5. The molecule has 4 heteroatoms. The van der Waals surface area contributed by atoms with Crippen LogP contribution in [0.2, 0.25) is 0 Å². The van der Waals surface area contributed by atoms with Crippen LogP contribution in [0.1, 0.15) is 12.0 Å². The first-order valence-electron chi connectivity index (χ1n) is 19.9. The topological polar surface area (TPSA) is 32.8 Å². The molecule has 1 aliphatic heterocycles. The maximum atomic E-state index is 6.69. The Morgan fingerprint density at radius 3 is 1.86 bits per heavy atom. The smallest absolute Gasteiger partial charge is 0.138 e. The van der Waals surface area contributed by atoms with Gasteiger partial charge in [0.2, 0.25) is 0 Å². The third-order valence-electron chi connectivity index (χ3n) is 11.9. The van der Waals surface area contributed by atoms with Crippen LogP contribution in [-0.2, 0) is 0 Å². The predicted octanol–water partition coefficient (Wildman–Crippen LogP) is 15.2. The third kappa shape index (κ3) is 5.08. The van der Waals surface area contributed by atoms with Gasteiger partial charge in [-0.3, -0.25) is 0 Å². The van der Waals surface area contributed by atoms with Gasteiger partial charge in [-0.15, -0.1) is 0 Å². The van der Waals surface area contributed by atoms with Crippen LogP contribution in [0.5, 0.6) is 0 Å². The summed E-state index contributed by atoms with van der Waals surface area (Å²) in [5.41, 5.74) is 16.5. The Labute approximate surface area is 335 Å². The number of hydrogen-bond donors (Lipinski definition) is 0. The molecular formula is C54H36N2O2. The molecule has 10 aromatic rings. The SMILES string of the molecule is C1=CCC2C(=C1)c1c(cc3oc4ccccc4c3c1-c1ccc(-c3ccccc3)cc1)N2c1ccc(N(c2ccccc2)c2ccc3c(c2)oc2ccccc23)cc1. The Bertz CT molecular complexity index is 3250. The summed E-state index contributed by atoms with van der Waals surface area (Å²) in [4.78, 5) is 4.83. The fourth-order valence-electron chi connectivity index (χ4n) is 9.34. The van der Waals surface area contributed by atoms with E-state index in [0.29, 0.717) is 0 Å². The molecule has 2 aliphatic rings. The second-order valence-corrected chi connectivity index (χ2v) is 15.2. The van der Waals surface area contributed by atoms with Crippen molar-refractivity contribution in [1.29, 1.82) is 0 Å². The summed E-state index contributed by atoms with van der Waals surface area (Å²) in [7, 11) is 0. The first kappa shape index (κ1) is 32.7. The number of hydrogen-bond acceptors (Lipinski definition) is 4. The van der Waals surface area contributed by atoms with Crippen LogP contribution < -0.4 is 9.80 Å². The predicted molar refractivity (Wildman–Crippen MR) is 241 cm³/mol. The van der Waals surface area contributed by atoms with Gasteiger partial charge < -0.3 is 18.6 Å². The van der Waals surface area contributed by atoms with Gasteiger partial charge in [0.15, 0.2) is 0 Å². The van der Waals surface area contributed by atoms with Crippen LogP contribution in [0.3, 0.4) is 0 Å². The van der Waals surface area contributed by atoms with E-state index in [0.717, 1.165) is 78.7 Å². The maximum absolute atomic E-state index is 6.69. The standard InChI is InChI=1S/C54H36N2O2/c1-3-13-35(14-4-1)36-23-25-37(26-24-36)52-53-44-18-7-10-20-46(44)56(47(53)34-51-54(52)45-19-9-12-22-49(45)58-51)40-29-27-39(28-30-40)55(38-15-5-2-6-16-38)41-31-32-43-42-17-8-11-21-48(42)57-50(43)33-41/h1-19,21-34,46H,20H2. The highest BCUT2D eigenvalue weighted by Gasteiger charge is 2.39. The fraction of sp³-hybridized carbons (Fsp3) is 0.0370. The van der Waals surface area contributed by atoms with Crippen LogP contribution in [-0.4, -0.2) is 6.04 Å². The molecule has 3 heterocycles. The number of nitrogens with zero attached hydrogens (tertiary/aromatic N) is 2. The first-order chi connectivity index (χ1) is 28.8. The van der Waals surface area contributed by atoms with Crippen molar-refractivity contribution in [2.75, 3.05) is 9.80 Å². The van der Waals surface area contributed by atoms with Crippen molar-refractivity contribution in [2.45, 2.75) is 12.5 Å². The van der Waals surface area contributed by atoms with Gasteiger partial charge in [-0.1, -0.05) is 127 Å². The average Bonchev–Trinajstić information content (AvgIpc) is 3.96. The van der Waals surface area contributed by atoms with E-state index in [9.17, 15) is 0 Å². The molecule has 1 aliphatic carbocycles. The number of allylic oxidation sites excluding steroid dienone is 2. The minimum Gasteiger partial charge on any atom is -0.456 e. The Morgan fingerprint density at radius 1 is 0.466 bits per heavy atom. The Morgan fingerprint density at radius 2 is 1.07 bits per heavy atom. The van der Waals surface area contributed by atoms with Crippen molar-refractivity contribution in [3.63, 3.8) is 0 Å². The van der Waals surface area contributed by atoms with Crippen molar-refractivity contribution < 1.29 is 8.83 Å². The Hall–Kier alpha value is -7.56. The molecule has 2 aromatic heterocycles. The molecule has 4 nitrogen and oxygen atoms in total. The van der Waals surface area contributed by atoms with Gasteiger partial charge in [0, 0.05) is 67.6 Å². The Balaban J connectivity index is 1.01. The van der Waals surface area contributed by atoms with Crippen LogP contribution >= 0.6 is 0 Å². The lowest BCUT2D eigenvalue weighted by Crippen LogP contribution is -2.27. The van der Waals surface area contributed by atoms with E-state index in [1.807, 2.05) is 12.1 Å². The molecule has 8 aromatic carbocycles. The van der Waals surface area contributed by atoms with Crippen molar-refractivity contribution in [2.24, 2.45) is 0 Å². The van der Waals surface area contributed by atoms with E-state index in [-0.39, 0.29) is 6.04 Å². The van der Waals surface area contributed by atoms with E-state index in [2.05, 4.69) is 198 Å². The quantitative estimate of drug-likeness (QED) is 0.170. The lowest BCUT2D eigenvalue weighted by Gasteiger charge is -2.30. The highest BCUT2D eigenvalue weighted by molar-refractivity contribution is 6.19. The summed E-state index contributed by atoms with van der Waals surface area (Å²) in [6.07, 6.45) is 7.74. The molecule has 0 radical (unpaired) electrons. The van der Waals surface area contributed by atoms with Crippen molar-refractivity contribution >= 4 is 77.9 Å². The number of benzene rings is 8. The number of furan rings is 2. The molecule has 58 heavy (non-hydrogen) atoms. The summed E-state index contributed by atoms with van der Waals surface area (Å²) in [5.74, 6) is 0. The molecule has 1 atom stereocenters. The molecule has 1 unspecified atom stereocenters. The van der Waals surface area contributed by atoms with Gasteiger partial charge in [0.25, 0.3) is 0 Å². The van der Waals surface area contributed by atoms with E-state index in [1.54, 1.807) is 0 Å². The molecule has 0 N–H and O–H groups in total. The molecule has 0 saturated heterocycles. The van der Waals surface area contributed by atoms with Gasteiger partial charge in [-0.2, -0.15) is 0 Å². The number of fused-ring (bicyclic) bond motifs is 9. The molecular weight excluding hydrogens is 709 g/mol. The van der Waals surface area contributed by atoms with Gasteiger partial charge in [-0.05, 0) is 89.3 Å². The number of rotatable bonds is 6. The summed E-state index contributed by atoms with van der Waals surface area (Å²) < 4.78 is 13.0.